The zero-order valence-electron chi connectivity index (χ0n) is 11.8. The van der Waals surface area contributed by atoms with Crippen LogP contribution in [0.2, 0.25) is 0 Å². The van der Waals surface area contributed by atoms with Crippen LogP contribution in [-0.4, -0.2) is 24.6 Å². The van der Waals surface area contributed by atoms with Crippen LogP contribution in [0.15, 0.2) is 36.4 Å². The number of carbonyl (C=O) groups excluding carboxylic acids is 1. The first-order valence-electron chi connectivity index (χ1n) is 6.80. The van der Waals surface area contributed by atoms with E-state index in [2.05, 4.69) is 21.1 Å². The van der Waals surface area contributed by atoms with Gasteiger partial charge in [-0.1, -0.05) is 12.1 Å². The number of hydrogen-bond donors (Lipinski definition) is 1. The van der Waals surface area contributed by atoms with Crippen LogP contribution in [0.1, 0.15) is 21.6 Å². The third-order valence-electron chi connectivity index (χ3n) is 3.37. The summed E-state index contributed by atoms with van der Waals surface area (Å²) in [5.41, 5.74) is 2.57. The fraction of sp³-hybridized carbons (Fsp3) is 0.250. The van der Waals surface area contributed by atoms with Gasteiger partial charge in [-0.25, -0.2) is 9.78 Å². The van der Waals surface area contributed by atoms with E-state index in [0.29, 0.717) is 17.9 Å². The number of esters is 1. The molecule has 0 aliphatic carbocycles. The Kier molecular flexibility index (Phi) is 3.73. The van der Waals surface area contributed by atoms with Crippen molar-refractivity contribution >= 4 is 11.8 Å². The van der Waals surface area contributed by atoms with E-state index < -0.39 is 0 Å². The first-order chi connectivity index (χ1) is 10.3. The molecule has 1 aliphatic rings. The third-order valence-corrected chi connectivity index (χ3v) is 3.37. The fourth-order valence-electron chi connectivity index (χ4n) is 2.27. The van der Waals surface area contributed by atoms with Crippen molar-refractivity contribution in [2.24, 2.45) is 0 Å². The molecule has 0 saturated heterocycles. The van der Waals surface area contributed by atoms with E-state index in [1.165, 1.54) is 12.7 Å². The summed E-state index contributed by atoms with van der Waals surface area (Å²) in [5, 5.41) is 3.24. The van der Waals surface area contributed by atoms with Crippen LogP contribution >= 0.6 is 0 Å². The lowest BCUT2D eigenvalue weighted by Gasteiger charge is -2.08. The van der Waals surface area contributed by atoms with Crippen molar-refractivity contribution < 1.29 is 14.3 Å². The summed E-state index contributed by atoms with van der Waals surface area (Å²) in [6.45, 7) is 1.30. The molecule has 0 atom stereocenters. The number of methoxy groups -OCH3 is 1. The smallest absolute Gasteiger partial charge is 0.337 e. The summed E-state index contributed by atoms with van der Waals surface area (Å²) in [5.74, 6) is 1.19. The molecule has 5 nitrogen and oxygen atoms in total. The summed E-state index contributed by atoms with van der Waals surface area (Å²) in [6.07, 6.45) is 1.02. The summed E-state index contributed by atoms with van der Waals surface area (Å²) >= 11 is 0. The highest BCUT2D eigenvalue weighted by Crippen LogP contribution is 2.21. The molecule has 5 heteroatoms. The molecule has 3 rings (SSSR count). The van der Waals surface area contributed by atoms with Crippen molar-refractivity contribution in [3.63, 3.8) is 0 Å². The molecule has 0 radical (unpaired) electrons. The molecule has 108 valence electrons. The molecule has 0 unspecified atom stereocenters. The Bertz CT molecular complexity index is 670. The van der Waals surface area contributed by atoms with E-state index in [0.717, 1.165) is 24.5 Å². The van der Waals surface area contributed by atoms with E-state index in [1.54, 1.807) is 24.3 Å². The Balaban J connectivity index is 1.69. The van der Waals surface area contributed by atoms with E-state index in [1.807, 2.05) is 6.07 Å². The average molecular weight is 284 g/mol. The van der Waals surface area contributed by atoms with E-state index in [4.69, 9.17) is 4.74 Å². The predicted molar refractivity (Wildman–Crippen MR) is 78.5 cm³/mol. The number of nitrogens with one attached hydrogen (secondary N) is 1. The molecule has 0 fully saturated rings. The Hall–Kier alpha value is -2.56. The molecule has 2 heterocycles. The highest BCUT2D eigenvalue weighted by Gasteiger charge is 2.12. The Morgan fingerprint density at radius 1 is 1.33 bits per heavy atom. The number of hydrogen-bond acceptors (Lipinski definition) is 5. The first kappa shape index (κ1) is 13.4. The number of carbonyl (C=O) groups is 1. The van der Waals surface area contributed by atoms with Crippen molar-refractivity contribution in [1.82, 2.24) is 4.98 Å². The van der Waals surface area contributed by atoms with Crippen LogP contribution in [0, 0.1) is 0 Å². The van der Waals surface area contributed by atoms with Crippen LogP contribution in [0.3, 0.4) is 0 Å². The van der Waals surface area contributed by atoms with Gasteiger partial charge in [0.05, 0.1) is 18.4 Å². The van der Waals surface area contributed by atoms with Crippen LogP contribution in [0.4, 0.5) is 5.82 Å². The zero-order valence-corrected chi connectivity index (χ0v) is 11.8. The van der Waals surface area contributed by atoms with Crippen LogP contribution in [0.25, 0.3) is 0 Å². The lowest BCUT2D eigenvalue weighted by molar-refractivity contribution is 0.0600. The van der Waals surface area contributed by atoms with Crippen molar-refractivity contribution in [2.75, 3.05) is 19.0 Å². The number of benzene rings is 1. The number of pyridine rings is 1. The normalized spacial score (nSPS) is 12.4. The Labute approximate surface area is 122 Å². The molecular weight excluding hydrogens is 268 g/mol. The SMILES string of the molecule is COC(=O)c1cccc(OCc2ccc3c(n2)NCC3)c1. The molecule has 0 saturated carbocycles. The number of nitrogens with zero attached hydrogens (tertiary/aromatic N) is 1. The van der Waals surface area contributed by atoms with Gasteiger partial charge in [-0.05, 0) is 36.2 Å². The van der Waals surface area contributed by atoms with Gasteiger partial charge in [0, 0.05) is 6.54 Å². The molecule has 2 aromatic rings. The predicted octanol–water partition coefficient (Wildman–Crippen LogP) is 2.42. The minimum absolute atomic E-state index is 0.361. The Morgan fingerprint density at radius 2 is 2.24 bits per heavy atom. The van der Waals surface area contributed by atoms with Gasteiger partial charge in [0.1, 0.15) is 18.2 Å². The van der Waals surface area contributed by atoms with Gasteiger partial charge >= 0.3 is 5.97 Å². The van der Waals surface area contributed by atoms with Crippen molar-refractivity contribution in [3.05, 3.63) is 53.2 Å². The maximum absolute atomic E-state index is 11.5. The summed E-state index contributed by atoms with van der Waals surface area (Å²) in [4.78, 5) is 16.0. The van der Waals surface area contributed by atoms with Gasteiger partial charge in [-0.2, -0.15) is 0 Å². The molecular formula is C16H16N2O3. The van der Waals surface area contributed by atoms with Crippen molar-refractivity contribution in [3.8, 4) is 5.75 Å². The highest BCUT2D eigenvalue weighted by molar-refractivity contribution is 5.89. The monoisotopic (exact) mass is 284 g/mol. The molecule has 1 aromatic carbocycles. The Morgan fingerprint density at radius 3 is 3.10 bits per heavy atom. The number of rotatable bonds is 4. The number of aromatic nitrogens is 1. The van der Waals surface area contributed by atoms with Crippen LogP contribution in [-0.2, 0) is 17.8 Å². The number of ether oxygens (including phenoxy) is 2. The molecule has 1 N–H and O–H groups in total. The van der Waals surface area contributed by atoms with E-state index in [-0.39, 0.29) is 5.97 Å². The van der Waals surface area contributed by atoms with Gasteiger partial charge in [0.2, 0.25) is 0 Å². The topological polar surface area (TPSA) is 60.5 Å². The van der Waals surface area contributed by atoms with Gasteiger partial charge in [-0.15, -0.1) is 0 Å². The fourth-order valence-corrected chi connectivity index (χ4v) is 2.27. The summed E-state index contributed by atoms with van der Waals surface area (Å²) in [7, 11) is 1.36. The van der Waals surface area contributed by atoms with Crippen LogP contribution in [0.5, 0.6) is 5.75 Å². The van der Waals surface area contributed by atoms with E-state index >= 15 is 0 Å². The summed E-state index contributed by atoms with van der Waals surface area (Å²) in [6, 6.07) is 11.0. The minimum Gasteiger partial charge on any atom is -0.487 e. The zero-order chi connectivity index (χ0) is 14.7. The van der Waals surface area contributed by atoms with Crippen molar-refractivity contribution in [2.45, 2.75) is 13.0 Å². The molecule has 21 heavy (non-hydrogen) atoms. The molecule has 0 bridgehead atoms. The second-order valence-corrected chi connectivity index (χ2v) is 4.80. The first-order valence-corrected chi connectivity index (χ1v) is 6.80. The molecule has 0 amide bonds. The number of fused-ring (bicyclic) bond motifs is 1. The largest absolute Gasteiger partial charge is 0.487 e. The maximum atomic E-state index is 11.5. The van der Waals surface area contributed by atoms with Gasteiger partial charge in [-0.3, -0.25) is 0 Å². The third kappa shape index (κ3) is 2.97. The minimum atomic E-state index is -0.375. The highest BCUT2D eigenvalue weighted by atomic mass is 16.5. The quantitative estimate of drug-likeness (QED) is 0.874. The lowest BCUT2D eigenvalue weighted by atomic mass is 10.2. The van der Waals surface area contributed by atoms with Gasteiger partial charge in [0.25, 0.3) is 0 Å². The molecule has 0 spiro atoms. The lowest BCUT2D eigenvalue weighted by Crippen LogP contribution is -2.03. The van der Waals surface area contributed by atoms with Gasteiger partial charge in [0.15, 0.2) is 0 Å². The summed E-state index contributed by atoms with van der Waals surface area (Å²) < 4.78 is 10.4. The van der Waals surface area contributed by atoms with Crippen LogP contribution < -0.4 is 10.1 Å². The van der Waals surface area contributed by atoms with Gasteiger partial charge < -0.3 is 14.8 Å². The van der Waals surface area contributed by atoms with Crippen molar-refractivity contribution in [1.29, 1.82) is 0 Å². The standard InChI is InChI=1S/C16H16N2O3/c1-20-16(19)12-3-2-4-14(9-12)21-10-13-6-5-11-7-8-17-15(11)18-13/h2-6,9H,7-8,10H2,1H3,(H,17,18). The second kappa shape index (κ2) is 5.83. The maximum Gasteiger partial charge on any atom is 0.337 e. The number of anilines is 1. The van der Waals surface area contributed by atoms with E-state index in [9.17, 15) is 4.79 Å². The average Bonchev–Trinajstić information content (AvgIpc) is 3.00. The second-order valence-electron chi connectivity index (χ2n) is 4.80. The molecule has 1 aliphatic heterocycles. The molecule has 1 aromatic heterocycles.